The first kappa shape index (κ1) is 20.9. The van der Waals surface area contributed by atoms with Crippen molar-refractivity contribution in [1.29, 1.82) is 0 Å². The lowest BCUT2D eigenvalue weighted by atomic mass is 10.0. The molecule has 31 heavy (non-hydrogen) atoms. The SMILES string of the molecule is Cc1ccc(N2C(=O)C(Nc3ccc(C(C)C)cc3)=C(c3ccc(Cl)cc3)C2=O)cc1. The Balaban J connectivity index is 1.77. The fourth-order valence-corrected chi connectivity index (χ4v) is 3.68. The van der Waals surface area contributed by atoms with Gasteiger partial charge in [0.05, 0.1) is 11.3 Å². The lowest BCUT2D eigenvalue weighted by Gasteiger charge is -2.15. The summed E-state index contributed by atoms with van der Waals surface area (Å²) in [6.45, 7) is 6.22. The molecular weight excluding hydrogens is 408 g/mol. The second kappa shape index (κ2) is 8.40. The van der Waals surface area contributed by atoms with E-state index in [1.54, 1.807) is 36.4 Å². The average molecular weight is 431 g/mol. The molecule has 0 radical (unpaired) electrons. The fraction of sp³-hybridized carbons (Fsp3) is 0.154. The van der Waals surface area contributed by atoms with Crippen molar-refractivity contribution in [2.24, 2.45) is 0 Å². The van der Waals surface area contributed by atoms with Crippen LogP contribution < -0.4 is 10.2 Å². The van der Waals surface area contributed by atoms with Crippen LogP contribution in [0.25, 0.3) is 5.57 Å². The third-order valence-electron chi connectivity index (χ3n) is 5.36. The molecule has 1 N–H and O–H groups in total. The molecule has 1 aliphatic heterocycles. The van der Waals surface area contributed by atoms with Crippen molar-refractivity contribution in [2.45, 2.75) is 26.7 Å². The van der Waals surface area contributed by atoms with Crippen LogP contribution in [0.15, 0.2) is 78.5 Å². The Morgan fingerprint density at radius 3 is 2.00 bits per heavy atom. The van der Waals surface area contributed by atoms with Crippen LogP contribution in [0, 0.1) is 6.92 Å². The molecule has 1 heterocycles. The highest BCUT2D eigenvalue weighted by Crippen LogP contribution is 2.34. The van der Waals surface area contributed by atoms with Gasteiger partial charge in [-0.3, -0.25) is 9.59 Å². The van der Waals surface area contributed by atoms with Gasteiger partial charge in [0, 0.05) is 10.7 Å². The summed E-state index contributed by atoms with van der Waals surface area (Å²) in [6, 6.07) is 22.2. The predicted molar refractivity (Wildman–Crippen MR) is 126 cm³/mol. The van der Waals surface area contributed by atoms with Gasteiger partial charge in [0.2, 0.25) is 0 Å². The minimum Gasteiger partial charge on any atom is -0.350 e. The number of nitrogens with zero attached hydrogens (tertiary/aromatic N) is 1. The van der Waals surface area contributed by atoms with Crippen molar-refractivity contribution in [2.75, 3.05) is 10.2 Å². The number of halogens is 1. The Kier molecular flexibility index (Phi) is 5.66. The number of carbonyl (C=O) groups is 2. The zero-order valence-electron chi connectivity index (χ0n) is 17.6. The minimum atomic E-state index is -0.383. The Morgan fingerprint density at radius 2 is 1.42 bits per heavy atom. The van der Waals surface area contributed by atoms with Crippen LogP contribution >= 0.6 is 11.6 Å². The van der Waals surface area contributed by atoms with E-state index in [1.165, 1.54) is 10.5 Å². The number of imide groups is 1. The molecule has 0 aromatic heterocycles. The molecule has 0 saturated carbocycles. The Hall–Kier alpha value is -3.37. The molecule has 3 aromatic rings. The van der Waals surface area contributed by atoms with Gasteiger partial charge >= 0.3 is 0 Å². The molecule has 0 unspecified atom stereocenters. The van der Waals surface area contributed by atoms with Gasteiger partial charge in [0.1, 0.15) is 5.70 Å². The molecule has 0 atom stereocenters. The summed E-state index contributed by atoms with van der Waals surface area (Å²) in [6.07, 6.45) is 0. The lowest BCUT2D eigenvalue weighted by molar-refractivity contribution is -0.120. The van der Waals surface area contributed by atoms with Gasteiger partial charge in [-0.15, -0.1) is 0 Å². The zero-order chi connectivity index (χ0) is 22.1. The number of aryl methyl sites for hydroxylation is 1. The normalized spacial score (nSPS) is 14.0. The maximum absolute atomic E-state index is 13.4. The molecule has 5 heteroatoms. The average Bonchev–Trinajstić information content (AvgIpc) is 2.99. The van der Waals surface area contributed by atoms with E-state index in [2.05, 4.69) is 19.2 Å². The number of rotatable bonds is 5. The van der Waals surface area contributed by atoms with E-state index in [9.17, 15) is 9.59 Å². The third-order valence-corrected chi connectivity index (χ3v) is 5.61. The monoisotopic (exact) mass is 430 g/mol. The van der Waals surface area contributed by atoms with Gasteiger partial charge in [0.15, 0.2) is 0 Å². The summed E-state index contributed by atoms with van der Waals surface area (Å²) in [5, 5.41) is 3.76. The standard InChI is InChI=1S/C26H23ClN2O2/c1-16(2)18-8-12-21(13-9-18)28-24-23(19-6-10-20(27)11-7-19)25(30)29(26(24)31)22-14-4-17(3)5-15-22/h4-16,28H,1-3H3. The van der Waals surface area contributed by atoms with E-state index >= 15 is 0 Å². The van der Waals surface area contributed by atoms with Gasteiger partial charge in [-0.2, -0.15) is 0 Å². The zero-order valence-corrected chi connectivity index (χ0v) is 18.4. The van der Waals surface area contributed by atoms with Crippen molar-refractivity contribution in [3.8, 4) is 0 Å². The van der Waals surface area contributed by atoms with E-state index in [1.807, 2.05) is 43.3 Å². The number of carbonyl (C=O) groups excluding carboxylic acids is 2. The van der Waals surface area contributed by atoms with Crippen LogP contribution in [0.2, 0.25) is 5.02 Å². The Morgan fingerprint density at radius 1 is 0.806 bits per heavy atom. The first-order chi connectivity index (χ1) is 14.8. The molecule has 4 nitrogen and oxygen atoms in total. The van der Waals surface area contributed by atoms with E-state index in [0.717, 1.165) is 11.3 Å². The molecule has 1 aliphatic rings. The van der Waals surface area contributed by atoms with E-state index in [4.69, 9.17) is 11.6 Å². The van der Waals surface area contributed by atoms with Crippen LogP contribution in [-0.2, 0) is 9.59 Å². The topological polar surface area (TPSA) is 49.4 Å². The lowest BCUT2D eigenvalue weighted by Crippen LogP contribution is -2.32. The van der Waals surface area contributed by atoms with Gasteiger partial charge in [-0.05, 0) is 60.4 Å². The number of amides is 2. The Bertz CT molecular complexity index is 1160. The van der Waals surface area contributed by atoms with Gasteiger partial charge in [0.25, 0.3) is 11.8 Å². The van der Waals surface area contributed by atoms with Crippen LogP contribution in [0.4, 0.5) is 11.4 Å². The largest absolute Gasteiger partial charge is 0.350 e. The summed E-state index contributed by atoms with van der Waals surface area (Å²) in [5.74, 6) is -0.339. The summed E-state index contributed by atoms with van der Waals surface area (Å²) in [4.78, 5) is 28.0. The second-order valence-electron chi connectivity index (χ2n) is 7.94. The molecule has 0 spiro atoms. The van der Waals surface area contributed by atoms with E-state index in [-0.39, 0.29) is 17.5 Å². The van der Waals surface area contributed by atoms with E-state index < -0.39 is 0 Å². The van der Waals surface area contributed by atoms with E-state index in [0.29, 0.717) is 27.8 Å². The molecule has 0 fully saturated rings. The predicted octanol–water partition coefficient (Wildman–Crippen LogP) is 6.17. The summed E-state index contributed by atoms with van der Waals surface area (Å²) in [7, 11) is 0. The number of benzene rings is 3. The first-order valence-electron chi connectivity index (χ1n) is 10.2. The number of hydrogen-bond donors (Lipinski definition) is 1. The first-order valence-corrected chi connectivity index (χ1v) is 10.6. The summed E-state index contributed by atoms with van der Waals surface area (Å²) in [5.41, 5.74) is 4.76. The molecule has 156 valence electrons. The van der Waals surface area contributed by atoms with Crippen LogP contribution in [0.1, 0.15) is 36.5 Å². The maximum Gasteiger partial charge on any atom is 0.282 e. The van der Waals surface area contributed by atoms with Gasteiger partial charge < -0.3 is 5.32 Å². The highest BCUT2D eigenvalue weighted by atomic mass is 35.5. The maximum atomic E-state index is 13.4. The number of anilines is 2. The Labute approximate surface area is 187 Å². The summed E-state index contributed by atoms with van der Waals surface area (Å²) < 4.78 is 0. The molecule has 0 aliphatic carbocycles. The fourth-order valence-electron chi connectivity index (χ4n) is 3.55. The molecule has 2 amide bonds. The third kappa shape index (κ3) is 4.12. The van der Waals surface area contributed by atoms with Crippen molar-refractivity contribution in [3.63, 3.8) is 0 Å². The summed E-state index contributed by atoms with van der Waals surface area (Å²) >= 11 is 6.04. The highest BCUT2D eigenvalue weighted by molar-refractivity contribution is 6.46. The van der Waals surface area contributed by atoms with Crippen molar-refractivity contribution >= 4 is 40.4 Å². The van der Waals surface area contributed by atoms with Crippen LogP contribution in [0.5, 0.6) is 0 Å². The number of nitrogens with one attached hydrogen (secondary N) is 1. The minimum absolute atomic E-state index is 0.255. The second-order valence-corrected chi connectivity index (χ2v) is 8.38. The van der Waals surface area contributed by atoms with Gasteiger partial charge in [-0.25, -0.2) is 4.90 Å². The van der Waals surface area contributed by atoms with Crippen LogP contribution in [0.3, 0.4) is 0 Å². The molecule has 0 saturated heterocycles. The molecule has 3 aromatic carbocycles. The number of hydrogen-bond acceptors (Lipinski definition) is 3. The van der Waals surface area contributed by atoms with Crippen molar-refractivity contribution in [3.05, 3.63) is 100 Å². The van der Waals surface area contributed by atoms with Crippen molar-refractivity contribution < 1.29 is 9.59 Å². The molecule has 0 bridgehead atoms. The molecule has 4 rings (SSSR count). The van der Waals surface area contributed by atoms with Crippen LogP contribution in [-0.4, -0.2) is 11.8 Å². The smallest absolute Gasteiger partial charge is 0.282 e. The highest BCUT2D eigenvalue weighted by Gasteiger charge is 2.40. The van der Waals surface area contributed by atoms with Gasteiger partial charge in [-0.1, -0.05) is 67.4 Å². The quantitative estimate of drug-likeness (QED) is 0.492. The van der Waals surface area contributed by atoms with Crippen molar-refractivity contribution in [1.82, 2.24) is 0 Å². The molecular formula is C26H23ClN2O2.